The van der Waals surface area contributed by atoms with E-state index in [0.717, 1.165) is 35.7 Å². The first-order chi connectivity index (χ1) is 11.7. The molecule has 0 unspecified atom stereocenters. The van der Waals surface area contributed by atoms with Gasteiger partial charge in [-0.1, -0.05) is 30.9 Å². The molecule has 3 rings (SSSR count). The molecule has 2 aromatic rings. The minimum Gasteiger partial charge on any atom is -0.241 e. The quantitative estimate of drug-likeness (QED) is 0.763. The van der Waals surface area contributed by atoms with Gasteiger partial charge in [-0.25, -0.2) is 9.97 Å². The van der Waals surface area contributed by atoms with Gasteiger partial charge in [0.1, 0.15) is 5.82 Å². The van der Waals surface area contributed by atoms with Gasteiger partial charge in [0.15, 0.2) is 0 Å². The molecule has 1 aliphatic rings. The van der Waals surface area contributed by atoms with Crippen molar-refractivity contribution in [1.29, 1.82) is 0 Å². The summed E-state index contributed by atoms with van der Waals surface area (Å²) < 4.78 is 0. The highest BCUT2D eigenvalue weighted by Crippen LogP contribution is 2.27. The monoisotopic (exact) mass is 318 g/mol. The predicted molar refractivity (Wildman–Crippen MR) is 98.6 cm³/mol. The summed E-state index contributed by atoms with van der Waals surface area (Å²) in [6.07, 6.45) is 10.8. The molecule has 1 saturated carbocycles. The van der Waals surface area contributed by atoms with Crippen LogP contribution in [0.25, 0.3) is 0 Å². The lowest BCUT2D eigenvalue weighted by Gasteiger charge is -2.21. The molecule has 0 saturated heterocycles. The summed E-state index contributed by atoms with van der Waals surface area (Å²) in [6, 6.07) is 8.65. The molecule has 0 amide bonds. The third-order valence-electron chi connectivity index (χ3n) is 4.86. The fraction of sp³-hybridized carbons (Fsp3) is 0.455. The van der Waals surface area contributed by atoms with Crippen LogP contribution >= 0.6 is 0 Å². The molecular formula is C22H26N2. The topological polar surface area (TPSA) is 25.8 Å². The maximum absolute atomic E-state index is 4.36. The van der Waals surface area contributed by atoms with Crippen LogP contribution in [-0.4, -0.2) is 9.97 Å². The number of aryl methyl sites for hydroxylation is 3. The number of hydrogen-bond acceptors (Lipinski definition) is 2. The van der Waals surface area contributed by atoms with Crippen LogP contribution in [0, 0.1) is 30.6 Å². The average Bonchev–Trinajstić information content (AvgIpc) is 2.62. The average molecular weight is 318 g/mol. The van der Waals surface area contributed by atoms with E-state index < -0.39 is 0 Å². The zero-order valence-electron chi connectivity index (χ0n) is 14.8. The van der Waals surface area contributed by atoms with Crippen molar-refractivity contribution in [3.8, 4) is 11.8 Å². The van der Waals surface area contributed by atoms with E-state index >= 15 is 0 Å². The molecule has 0 aliphatic heterocycles. The third kappa shape index (κ3) is 4.93. The lowest BCUT2D eigenvalue weighted by atomic mass is 9.83. The Morgan fingerprint density at radius 2 is 1.62 bits per heavy atom. The smallest absolute Gasteiger partial charge is 0.128 e. The van der Waals surface area contributed by atoms with Gasteiger partial charge in [-0.2, -0.15) is 0 Å². The first-order valence-electron chi connectivity index (χ1n) is 9.07. The maximum atomic E-state index is 4.36. The van der Waals surface area contributed by atoms with Crippen LogP contribution in [0.5, 0.6) is 0 Å². The van der Waals surface area contributed by atoms with E-state index in [1.807, 2.05) is 19.3 Å². The first-order valence-corrected chi connectivity index (χ1v) is 9.07. The normalized spacial score (nSPS) is 20.2. The van der Waals surface area contributed by atoms with Crippen LogP contribution in [-0.2, 0) is 12.8 Å². The summed E-state index contributed by atoms with van der Waals surface area (Å²) in [5.41, 5.74) is 3.55. The highest BCUT2D eigenvalue weighted by Gasteiger charge is 2.15. The Balaban J connectivity index is 1.53. The van der Waals surface area contributed by atoms with E-state index in [-0.39, 0.29) is 0 Å². The molecule has 1 aliphatic carbocycles. The van der Waals surface area contributed by atoms with Crippen molar-refractivity contribution in [2.45, 2.75) is 52.4 Å². The second-order valence-electron chi connectivity index (χ2n) is 7.10. The molecule has 0 atom stereocenters. The Bertz CT molecular complexity index is 696. The van der Waals surface area contributed by atoms with Gasteiger partial charge in [-0.05, 0) is 68.2 Å². The van der Waals surface area contributed by atoms with Gasteiger partial charge in [0.05, 0.1) is 0 Å². The minimum absolute atomic E-state index is 0.597. The Morgan fingerprint density at radius 1 is 0.958 bits per heavy atom. The molecule has 2 heteroatoms. The fourth-order valence-corrected chi connectivity index (χ4v) is 3.15. The van der Waals surface area contributed by atoms with E-state index in [9.17, 15) is 0 Å². The lowest BCUT2D eigenvalue weighted by molar-refractivity contribution is 0.337. The molecule has 0 spiro atoms. The van der Waals surface area contributed by atoms with Gasteiger partial charge < -0.3 is 0 Å². The highest BCUT2D eigenvalue weighted by molar-refractivity contribution is 5.36. The summed E-state index contributed by atoms with van der Waals surface area (Å²) in [6.45, 7) is 4.36. The van der Waals surface area contributed by atoms with Crippen LogP contribution in [0.3, 0.4) is 0 Å². The zero-order valence-corrected chi connectivity index (χ0v) is 14.8. The second kappa shape index (κ2) is 8.11. The summed E-state index contributed by atoms with van der Waals surface area (Å²) in [5.74, 6) is 9.23. The zero-order chi connectivity index (χ0) is 16.8. The van der Waals surface area contributed by atoms with Crippen LogP contribution in [0.15, 0.2) is 36.7 Å². The molecule has 2 nitrogen and oxygen atoms in total. The van der Waals surface area contributed by atoms with Gasteiger partial charge >= 0.3 is 0 Å². The van der Waals surface area contributed by atoms with Crippen LogP contribution in [0.2, 0.25) is 0 Å². The maximum Gasteiger partial charge on any atom is 0.128 e. The predicted octanol–water partition coefficient (Wildman–Crippen LogP) is 4.75. The van der Waals surface area contributed by atoms with Gasteiger partial charge in [0.25, 0.3) is 0 Å². The number of benzene rings is 1. The standard InChI is InChI=1S/C22H26N2/c1-17-3-5-19(6-4-17)7-8-20-9-11-21(12-10-20)13-14-22-23-15-18(2)16-24-22/h9-12,15-17,19H,3-6,13-14H2,1-2H3. The molecule has 0 bridgehead atoms. The summed E-state index contributed by atoms with van der Waals surface area (Å²) in [5, 5.41) is 0. The lowest BCUT2D eigenvalue weighted by Crippen LogP contribution is -2.10. The Kier molecular flexibility index (Phi) is 5.64. The van der Waals surface area contributed by atoms with E-state index in [1.165, 1.54) is 31.2 Å². The molecule has 1 fully saturated rings. The van der Waals surface area contributed by atoms with Gasteiger partial charge in [0, 0.05) is 30.3 Å². The SMILES string of the molecule is Cc1cnc(CCc2ccc(C#CC3CCC(C)CC3)cc2)nc1. The molecule has 0 radical (unpaired) electrons. The third-order valence-corrected chi connectivity index (χ3v) is 4.86. The van der Waals surface area contributed by atoms with Crippen LogP contribution in [0.4, 0.5) is 0 Å². The summed E-state index contributed by atoms with van der Waals surface area (Å²) in [7, 11) is 0. The van der Waals surface area contributed by atoms with Crippen molar-refractivity contribution < 1.29 is 0 Å². The van der Waals surface area contributed by atoms with E-state index in [4.69, 9.17) is 0 Å². The van der Waals surface area contributed by atoms with Crippen molar-refractivity contribution in [1.82, 2.24) is 9.97 Å². The molecule has 1 heterocycles. The Labute approximate surface area is 145 Å². The Morgan fingerprint density at radius 3 is 2.29 bits per heavy atom. The van der Waals surface area contributed by atoms with E-state index in [0.29, 0.717) is 5.92 Å². The number of nitrogens with zero attached hydrogens (tertiary/aromatic N) is 2. The fourth-order valence-electron chi connectivity index (χ4n) is 3.15. The molecule has 24 heavy (non-hydrogen) atoms. The van der Waals surface area contributed by atoms with Crippen molar-refractivity contribution >= 4 is 0 Å². The number of rotatable bonds is 3. The van der Waals surface area contributed by atoms with Crippen molar-refractivity contribution in [3.63, 3.8) is 0 Å². The Hall–Kier alpha value is -2.14. The summed E-state index contributed by atoms with van der Waals surface area (Å²) in [4.78, 5) is 8.73. The van der Waals surface area contributed by atoms with Gasteiger partial charge in [0.2, 0.25) is 0 Å². The van der Waals surface area contributed by atoms with Crippen LogP contribution in [0.1, 0.15) is 55.1 Å². The van der Waals surface area contributed by atoms with Crippen molar-refractivity contribution in [3.05, 3.63) is 59.2 Å². The molecule has 1 aromatic carbocycles. The molecular weight excluding hydrogens is 292 g/mol. The van der Waals surface area contributed by atoms with E-state index in [1.54, 1.807) is 0 Å². The van der Waals surface area contributed by atoms with Gasteiger partial charge in [-0.15, -0.1) is 0 Å². The van der Waals surface area contributed by atoms with E-state index in [2.05, 4.69) is 53.0 Å². The number of hydrogen-bond donors (Lipinski definition) is 0. The van der Waals surface area contributed by atoms with Crippen molar-refractivity contribution in [2.75, 3.05) is 0 Å². The first kappa shape index (κ1) is 16.7. The second-order valence-corrected chi connectivity index (χ2v) is 7.10. The molecule has 0 N–H and O–H groups in total. The highest BCUT2D eigenvalue weighted by atomic mass is 14.9. The van der Waals surface area contributed by atoms with Crippen molar-refractivity contribution in [2.24, 2.45) is 11.8 Å². The number of aromatic nitrogens is 2. The van der Waals surface area contributed by atoms with Crippen LogP contribution < -0.4 is 0 Å². The summed E-state index contributed by atoms with van der Waals surface area (Å²) >= 11 is 0. The molecule has 1 aromatic heterocycles. The van der Waals surface area contributed by atoms with Gasteiger partial charge in [-0.3, -0.25) is 0 Å². The minimum atomic E-state index is 0.597. The largest absolute Gasteiger partial charge is 0.241 e. The molecule has 124 valence electrons.